The fourth-order valence-corrected chi connectivity index (χ4v) is 3.32. The third-order valence-electron chi connectivity index (χ3n) is 5.03. The molecule has 5 nitrogen and oxygen atoms in total. The van der Waals surface area contributed by atoms with Crippen LogP contribution in [0, 0.1) is 0 Å². The predicted octanol–water partition coefficient (Wildman–Crippen LogP) is 6.14. The SMILES string of the molecule is O=C(O)CCCCCCCCCCCCCCCCCCCC(=O)C(=O)O. The minimum atomic E-state index is -1.30. The van der Waals surface area contributed by atoms with E-state index in [2.05, 4.69) is 0 Å². The zero-order valence-corrected chi connectivity index (χ0v) is 17.1. The molecule has 0 aliphatic rings. The summed E-state index contributed by atoms with van der Waals surface area (Å²) in [5.74, 6) is -2.64. The number of carbonyl (C=O) groups is 3. The normalized spacial score (nSPS) is 10.8. The summed E-state index contributed by atoms with van der Waals surface area (Å²) < 4.78 is 0. The van der Waals surface area contributed by atoms with Gasteiger partial charge in [0.15, 0.2) is 0 Å². The van der Waals surface area contributed by atoms with Crippen LogP contribution in [-0.4, -0.2) is 27.9 Å². The number of rotatable bonds is 21. The molecule has 0 radical (unpaired) electrons. The van der Waals surface area contributed by atoms with Gasteiger partial charge in [-0.05, 0) is 12.8 Å². The van der Waals surface area contributed by atoms with E-state index in [0.717, 1.165) is 25.7 Å². The van der Waals surface area contributed by atoms with E-state index >= 15 is 0 Å². The van der Waals surface area contributed by atoms with E-state index in [1.807, 2.05) is 0 Å². The number of Topliss-reactive ketones (excluding diaryl/α,β-unsaturated/α-hetero) is 1. The second-order valence-corrected chi connectivity index (χ2v) is 7.63. The molecular weight excluding hydrogens is 344 g/mol. The fourth-order valence-electron chi connectivity index (χ4n) is 3.32. The molecule has 5 heteroatoms. The van der Waals surface area contributed by atoms with Crippen LogP contribution in [0.4, 0.5) is 0 Å². The van der Waals surface area contributed by atoms with E-state index in [-0.39, 0.29) is 6.42 Å². The molecule has 2 N–H and O–H groups in total. The number of hydrogen-bond acceptors (Lipinski definition) is 3. The standard InChI is InChI=1S/C22H40O5/c23-20(22(26)27)18-16-14-12-10-8-6-4-2-1-3-5-7-9-11-13-15-17-19-21(24)25/h1-19H2,(H,24,25)(H,26,27). The molecule has 0 atom stereocenters. The molecule has 0 saturated carbocycles. The molecule has 0 bridgehead atoms. The molecule has 27 heavy (non-hydrogen) atoms. The number of aliphatic carboxylic acids is 2. The Kier molecular flexibility index (Phi) is 18.4. The van der Waals surface area contributed by atoms with Crippen LogP contribution < -0.4 is 0 Å². The van der Waals surface area contributed by atoms with Gasteiger partial charge in [-0.3, -0.25) is 9.59 Å². The zero-order chi connectivity index (χ0) is 20.2. The largest absolute Gasteiger partial charge is 0.481 e. The van der Waals surface area contributed by atoms with Gasteiger partial charge in [0.25, 0.3) is 0 Å². The Balaban J connectivity index is 3.08. The summed E-state index contributed by atoms with van der Waals surface area (Å²) in [6.07, 6.45) is 20.4. The molecule has 0 aromatic carbocycles. The number of ketones is 1. The molecule has 0 unspecified atom stereocenters. The first-order valence-corrected chi connectivity index (χ1v) is 11.0. The van der Waals surface area contributed by atoms with Crippen molar-refractivity contribution in [1.29, 1.82) is 0 Å². The fraction of sp³-hybridized carbons (Fsp3) is 0.864. The molecule has 0 spiro atoms. The number of hydrogen-bond donors (Lipinski definition) is 2. The molecule has 0 aliphatic heterocycles. The maximum Gasteiger partial charge on any atom is 0.372 e. The van der Waals surface area contributed by atoms with Crippen LogP contribution in [0.25, 0.3) is 0 Å². The first-order chi connectivity index (χ1) is 13.0. The summed E-state index contributed by atoms with van der Waals surface area (Å²) in [7, 11) is 0. The van der Waals surface area contributed by atoms with Crippen LogP contribution in [0.1, 0.15) is 122 Å². The van der Waals surface area contributed by atoms with Crippen molar-refractivity contribution >= 4 is 17.7 Å². The molecular formula is C22H40O5. The van der Waals surface area contributed by atoms with E-state index in [9.17, 15) is 14.4 Å². The first kappa shape index (κ1) is 25.6. The molecule has 0 saturated heterocycles. The van der Waals surface area contributed by atoms with Crippen LogP contribution in [0.2, 0.25) is 0 Å². The maximum atomic E-state index is 10.9. The lowest BCUT2D eigenvalue weighted by atomic mass is 10.0. The van der Waals surface area contributed by atoms with Gasteiger partial charge in [-0.2, -0.15) is 0 Å². The van der Waals surface area contributed by atoms with Crippen molar-refractivity contribution in [2.24, 2.45) is 0 Å². The second-order valence-electron chi connectivity index (χ2n) is 7.63. The highest BCUT2D eigenvalue weighted by atomic mass is 16.4. The van der Waals surface area contributed by atoms with E-state index in [1.165, 1.54) is 77.0 Å². The average Bonchev–Trinajstić information content (AvgIpc) is 2.63. The topological polar surface area (TPSA) is 91.7 Å². The van der Waals surface area contributed by atoms with Gasteiger partial charge in [0.1, 0.15) is 0 Å². The van der Waals surface area contributed by atoms with E-state index in [0.29, 0.717) is 12.8 Å². The Labute approximate surface area is 164 Å². The lowest BCUT2D eigenvalue weighted by Crippen LogP contribution is -2.11. The Morgan fingerprint density at radius 1 is 0.407 bits per heavy atom. The highest BCUT2D eigenvalue weighted by Gasteiger charge is 2.09. The van der Waals surface area contributed by atoms with Crippen molar-refractivity contribution in [3.63, 3.8) is 0 Å². The summed E-state index contributed by atoms with van der Waals surface area (Å²) in [6, 6.07) is 0. The Bertz CT molecular complexity index is 392. The smallest absolute Gasteiger partial charge is 0.372 e. The number of unbranched alkanes of at least 4 members (excludes halogenated alkanes) is 16. The van der Waals surface area contributed by atoms with Crippen molar-refractivity contribution in [2.75, 3.05) is 0 Å². The molecule has 0 aliphatic carbocycles. The van der Waals surface area contributed by atoms with Gasteiger partial charge >= 0.3 is 11.9 Å². The predicted molar refractivity (Wildman–Crippen MR) is 108 cm³/mol. The lowest BCUT2D eigenvalue weighted by Gasteiger charge is -2.03. The van der Waals surface area contributed by atoms with E-state index < -0.39 is 17.7 Å². The van der Waals surface area contributed by atoms with E-state index in [4.69, 9.17) is 10.2 Å². The van der Waals surface area contributed by atoms with Gasteiger partial charge in [0, 0.05) is 12.8 Å². The summed E-state index contributed by atoms with van der Waals surface area (Å²) in [4.78, 5) is 31.7. The molecule has 0 amide bonds. The molecule has 0 fully saturated rings. The Hall–Kier alpha value is -1.39. The van der Waals surface area contributed by atoms with Gasteiger partial charge in [-0.15, -0.1) is 0 Å². The van der Waals surface area contributed by atoms with Crippen molar-refractivity contribution in [2.45, 2.75) is 122 Å². The molecule has 0 aromatic rings. The second kappa shape index (κ2) is 19.4. The Morgan fingerprint density at radius 2 is 0.667 bits per heavy atom. The highest BCUT2D eigenvalue weighted by Crippen LogP contribution is 2.14. The van der Waals surface area contributed by atoms with Crippen molar-refractivity contribution in [1.82, 2.24) is 0 Å². The maximum absolute atomic E-state index is 10.9. The zero-order valence-electron chi connectivity index (χ0n) is 17.1. The minimum absolute atomic E-state index is 0.181. The number of carboxylic acid groups (broad SMARTS) is 2. The highest BCUT2D eigenvalue weighted by molar-refractivity contribution is 6.32. The summed E-state index contributed by atoms with van der Waals surface area (Å²) in [5.41, 5.74) is 0. The summed E-state index contributed by atoms with van der Waals surface area (Å²) in [6.45, 7) is 0. The third kappa shape index (κ3) is 20.8. The van der Waals surface area contributed by atoms with Crippen molar-refractivity contribution in [3.8, 4) is 0 Å². The van der Waals surface area contributed by atoms with Crippen LogP contribution in [0.5, 0.6) is 0 Å². The third-order valence-corrected chi connectivity index (χ3v) is 5.03. The first-order valence-electron chi connectivity index (χ1n) is 11.0. The Morgan fingerprint density at radius 3 is 0.926 bits per heavy atom. The molecule has 0 aromatic heterocycles. The quantitative estimate of drug-likeness (QED) is 0.183. The van der Waals surface area contributed by atoms with Gasteiger partial charge in [0.05, 0.1) is 0 Å². The van der Waals surface area contributed by atoms with Crippen LogP contribution in [-0.2, 0) is 14.4 Å². The van der Waals surface area contributed by atoms with Crippen molar-refractivity contribution < 1.29 is 24.6 Å². The molecule has 158 valence electrons. The van der Waals surface area contributed by atoms with Gasteiger partial charge in [-0.25, -0.2) is 4.79 Å². The van der Waals surface area contributed by atoms with Crippen LogP contribution in [0.15, 0.2) is 0 Å². The van der Waals surface area contributed by atoms with Crippen molar-refractivity contribution in [3.05, 3.63) is 0 Å². The average molecular weight is 385 g/mol. The minimum Gasteiger partial charge on any atom is -0.481 e. The van der Waals surface area contributed by atoms with Gasteiger partial charge in [-0.1, -0.05) is 96.3 Å². The van der Waals surface area contributed by atoms with Gasteiger partial charge in [0.2, 0.25) is 5.78 Å². The molecule has 0 rings (SSSR count). The van der Waals surface area contributed by atoms with Crippen LogP contribution in [0.3, 0.4) is 0 Å². The van der Waals surface area contributed by atoms with E-state index in [1.54, 1.807) is 0 Å². The van der Waals surface area contributed by atoms with Crippen LogP contribution >= 0.6 is 0 Å². The summed E-state index contributed by atoms with van der Waals surface area (Å²) in [5, 5.41) is 17.0. The van der Waals surface area contributed by atoms with Gasteiger partial charge < -0.3 is 10.2 Å². The number of carboxylic acids is 2. The lowest BCUT2D eigenvalue weighted by molar-refractivity contribution is -0.149. The summed E-state index contributed by atoms with van der Waals surface area (Å²) >= 11 is 0. The molecule has 0 heterocycles. The number of carbonyl (C=O) groups excluding carboxylic acids is 1. The monoisotopic (exact) mass is 384 g/mol.